The molecule has 17 rings (SSSR count). The Kier molecular flexibility index (Phi) is 12.4. The monoisotopic (exact) mass is 1200 g/mol. The smallest absolute Gasteiger partial charge is 0.173 e. The zero-order valence-electron chi connectivity index (χ0n) is 47.6. The summed E-state index contributed by atoms with van der Waals surface area (Å²) in [5.41, 5.74) is 12.9. The van der Waals surface area contributed by atoms with E-state index in [-0.39, 0.29) is 0 Å². The maximum Gasteiger partial charge on any atom is 0.173 e. The number of fused-ring (bicyclic) bond motifs is 8. The van der Waals surface area contributed by atoms with Crippen LogP contribution >= 0.6 is 37.8 Å². The van der Waals surface area contributed by atoms with Crippen molar-refractivity contribution in [3.05, 3.63) is 372 Å². The number of benzene rings is 13. The molecule has 0 spiro atoms. The highest BCUT2D eigenvalue weighted by Gasteiger charge is 2.53. The lowest BCUT2D eigenvalue weighted by Gasteiger charge is -2.51. The molecule has 2 unspecified atom stereocenters. The normalized spacial score (nSPS) is 17.8. The van der Waals surface area contributed by atoms with Gasteiger partial charge >= 0.3 is 0 Å². The fourth-order valence-corrected chi connectivity index (χ4v) is 24.2. The van der Waals surface area contributed by atoms with Gasteiger partial charge in [0.2, 0.25) is 0 Å². The third kappa shape index (κ3) is 7.57. The van der Waals surface area contributed by atoms with Crippen LogP contribution in [0.15, 0.2) is 347 Å². The summed E-state index contributed by atoms with van der Waals surface area (Å²) in [6.07, 6.45) is 0. The Bertz CT molecular complexity index is 4610. The Morgan fingerprint density at radius 1 is 0.250 bits per heavy atom. The van der Waals surface area contributed by atoms with E-state index in [0.29, 0.717) is 0 Å². The van der Waals surface area contributed by atoms with Gasteiger partial charge in [0, 0.05) is 62.8 Å². The van der Waals surface area contributed by atoms with Crippen LogP contribution in [0.1, 0.15) is 44.5 Å². The van der Waals surface area contributed by atoms with Gasteiger partial charge in [-0.1, -0.05) is 266 Å². The largest absolute Gasteiger partial charge is 0.310 e. The third-order valence-corrected chi connectivity index (χ3v) is 27.7. The van der Waals surface area contributed by atoms with Crippen LogP contribution in [0.5, 0.6) is 0 Å². The van der Waals surface area contributed by atoms with E-state index in [9.17, 15) is 0 Å². The van der Waals surface area contributed by atoms with Crippen LogP contribution < -0.4 is 41.6 Å². The molecule has 88 heavy (non-hydrogen) atoms. The highest BCUT2D eigenvalue weighted by molar-refractivity contribution is 8.03. The van der Waals surface area contributed by atoms with Crippen LogP contribution in [-0.4, -0.2) is 0 Å². The topological polar surface area (TPSA) is 40.6 Å². The predicted octanol–water partition coefficient (Wildman–Crippen LogP) is 18.2. The van der Waals surface area contributed by atoms with Crippen molar-refractivity contribution in [3.8, 4) is 0 Å². The summed E-state index contributed by atoms with van der Waals surface area (Å²) in [5, 5.41) is 4.97. The van der Waals surface area contributed by atoms with Gasteiger partial charge in [-0.05, 0) is 129 Å². The number of hydrogen-bond donors (Lipinski definition) is 0. The summed E-state index contributed by atoms with van der Waals surface area (Å²) in [4.78, 5) is 8.92. The molecule has 4 aliphatic heterocycles. The van der Waals surface area contributed by atoms with Crippen LogP contribution in [0.2, 0.25) is 0 Å². The summed E-state index contributed by atoms with van der Waals surface area (Å²) in [7, 11) is -6.89. The molecule has 0 saturated carbocycles. The van der Waals surface area contributed by atoms with E-state index in [2.05, 4.69) is 252 Å². The van der Waals surface area contributed by atoms with Gasteiger partial charge < -0.3 is 18.9 Å². The summed E-state index contributed by atoms with van der Waals surface area (Å²) >= 11 is 3.39. The molecule has 4 heterocycles. The van der Waals surface area contributed by atoms with Crippen molar-refractivity contribution in [2.75, 3.05) is 9.80 Å². The second kappa shape index (κ2) is 20.6. The van der Waals surface area contributed by atoms with Gasteiger partial charge in [0.15, 0.2) is 14.3 Å². The lowest BCUT2D eigenvalue weighted by atomic mass is 9.59. The quantitative estimate of drug-likeness (QED) is 0.141. The highest BCUT2D eigenvalue weighted by atomic mass is 32.2. The fourth-order valence-electron chi connectivity index (χ4n) is 14.8. The predicted molar refractivity (Wildman–Crippen MR) is 367 cm³/mol. The van der Waals surface area contributed by atoms with E-state index in [1.54, 1.807) is 23.5 Å². The Balaban J connectivity index is 1.02. The van der Waals surface area contributed by atoms with Gasteiger partial charge in [0.1, 0.15) is 0 Å². The lowest BCUT2D eigenvalue weighted by molar-refractivity contribution is 0.591. The van der Waals surface area contributed by atoms with Crippen LogP contribution in [-0.2, 0) is 20.0 Å². The molecule has 0 fully saturated rings. The zero-order valence-corrected chi connectivity index (χ0v) is 51.0. The van der Waals surface area contributed by atoms with Gasteiger partial charge in [0.05, 0.1) is 33.6 Å². The van der Waals surface area contributed by atoms with E-state index in [1.807, 2.05) is 84.9 Å². The van der Waals surface area contributed by atoms with Crippen molar-refractivity contribution < 1.29 is 9.13 Å². The molecule has 4 nitrogen and oxygen atoms in total. The minimum absolute atomic E-state index is 0.807. The van der Waals surface area contributed by atoms with Crippen molar-refractivity contribution in [1.29, 1.82) is 0 Å². The summed E-state index contributed by atoms with van der Waals surface area (Å²) in [6, 6.07) is 117. The number of anilines is 6. The van der Waals surface area contributed by atoms with Crippen LogP contribution in [0.4, 0.5) is 34.1 Å². The number of nitrogens with zero attached hydrogens (tertiary/aromatic N) is 2. The van der Waals surface area contributed by atoms with Crippen LogP contribution in [0, 0.1) is 0 Å². The first-order chi connectivity index (χ1) is 43.4. The van der Waals surface area contributed by atoms with Crippen LogP contribution in [0.25, 0.3) is 0 Å². The van der Waals surface area contributed by atoms with Gasteiger partial charge in [-0.2, -0.15) is 0 Å². The van der Waals surface area contributed by atoms with Crippen molar-refractivity contribution in [1.82, 2.24) is 0 Å². The Morgan fingerprint density at radius 3 is 0.909 bits per heavy atom. The first-order valence-electron chi connectivity index (χ1n) is 29.8. The Hall–Kier alpha value is -9.38. The van der Waals surface area contributed by atoms with Crippen LogP contribution in [0.3, 0.4) is 0 Å². The van der Waals surface area contributed by atoms with Gasteiger partial charge in [-0.15, -0.1) is 0 Å². The molecule has 0 amide bonds. The van der Waals surface area contributed by atoms with Gasteiger partial charge in [0.25, 0.3) is 0 Å². The minimum Gasteiger partial charge on any atom is -0.310 e. The van der Waals surface area contributed by atoms with E-state index < -0.39 is 25.1 Å². The first-order valence-corrected chi connectivity index (χ1v) is 34.8. The first kappa shape index (κ1) is 52.9. The third-order valence-electron chi connectivity index (χ3n) is 18.5. The molecular formula is C80H54N2O2P2S2. The molecule has 4 aliphatic rings. The molecule has 0 aromatic heterocycles. The minimum atomic E-state index is -3.44. The lowest BCUT2D eigenvalue weighted by Crippen LogP contribution is -2.41. The van der Waals surface area contributed by atoms with E-state index in [0.717, 1.165) is 130 Å². The Labute approximate surface area is 521 Å². The molecule has 0 bridgehead atoms. The number of para-hydroxylation sites is 2. The number of hydrogen-bond acceptors (Lipinski definition) is 6. The average Bonchev–Trinajstić information content (AvgIpc) is 0.761. The molecule has 2 atom stereocenters. The van der Waals surface area contributed by atoms with E-state index >= 15 is 9.13 Å². The molecule has 0 saturated heterocycles. The van der Waals surface area contributed by atoms with Crippen molar-refractivity contribution in [2.24, 2.45) is 0 Å². The molecule has 418 valence electrons. The van der Waals surface area contributed by atoms with Crippen molar-refractivity contribution in [3.63, 3.8) is 0 Å². The fraction of sp³-hybridized carbons (Fsp3) is 0.0250. The second-order valence-electron chi connectivity index (χ2n) is 22.9. The molecule has 0 radical (unpaired) electrons. The second-order valence-corrected chi connectivity index (χ2v) is 30.5. The molecule has 0 aliphatic carbocycles. The molecule has 0 N–H and O–H groups in total. The Morgan fingerprint density at radius 2 is 0.545 bits per heavy atom. The molecule has 8 heteroatoms. The standard InChI is InChI=1S/C80H54N2O2P2S2/c83-85(61-35-15-5-16-36-61)71-43-23-25-45-75(71)87-77-49-47-59(51-73(77)85)81-67-41-21-19-39-63(67)79(55-27-7-1-8-28-55,56-29-9-2-10-30-56)65-53-70-66(54-69(65)81)80(57-31-11-3-12-32-57,58-33-13-4-14-34-58)64-40-20-22-42-68(64)82(70)60-48-50-78-74(52-60)86(84,62-37-17-6-18-38-62)72-44-24-26-46-76(72)88-78/h1-54H. The van der Waals surface area contributed by atoms with Gasteiger partial charge in [-0.3, -0.25) is 0 Å². The SMILES string of the molecule is O=P1(c2ccccc2)c2ccccc2Sc2ccc(N3c4ccccc4C(c4ccccc4)(c4ccccc4)c4cc5c(cc43)C(c3ccccc3)(c3ccccc3)c3ccccc3N5c3ccc4c(c3)P(=O)(c3ccccc3)c3ccccc3S4)cc21. The maximum absolute atomic E-state index is 16.8. The maximum atomic E-state index is 16.8. The number of rotatable bonds is 8. The molecule has 13 aromatic carbocycles. The van der Waals surface area contributed by atoms with Gasteiger partial charge in [-0.25, -0.2) is 0 Å². The summed E-state index contributed by atoms with van der Waals surface area (Å²) in [6.45, 7) is 0. The molecular weight excluding hydrogens is 1150 g/mol. The highest BCUT2D eigenvalue weighted by Crippen LogP contribution is 2.65. The van der Waals surface area contributed by atoms with Crippen molar-refractivity contribution >= 4 is 104 Å². The molecule has 13 aromatic rings. The summed E-state index contributed by atoms with van der Waals surface area (Å²) < 4.78 is 33.5. The summed E-state index contributed by atoms with van der Waals surface area (Å²) in [5.74, 6) is 0. The van der Waals surface area contributed by atoms with E-state index in [1.165, 1.54) is 0 Å². The van der Waals surface area contributed by atoms with E-state index in [4.69, 9.17) is 0 Å². The average molecular weight is 1200 g/mol. The zero-order chi connectivity index (χ0) is 58.6. The van der Waals surface area contributed by atoms with Crippen molar-refractivity contribution in [2.45, 2.75) is 30.4 Å².